The Morgan fingerprint density at radius 3 is 2.76 bits per heavy atom. The molecule has 0 saturated carbocycles. The van der Waals surface area contributed by atoms with Crippen LogP contribution < -0.4 is 0 Å². The van der Waals surface area contributed by atoms with Gasteiger partial charge in [-0.3, -0.25) is 0 Å². The van der Waals surface area contributed by atoms with E-state index >= 15 is 0 Å². The summed E-state index contributed by atoms with van der Waals surface area (Å²) in [5.41, 5.74) is 1.67. The molecule has 2 rings (SSSR count). The highest BCUT2D eigenvalue weighted by Gasteiger charge is 2.10. The first-order chi connectivity index (χ1) is 10.1. The van der Waals surface area contributed by atoms with E-state index in [0.717, 1.165) is 49.7 Å². The summed E-state index contributed by atoms with van der Waals surface area (Å²) in [6, 6.07) is 4.53. The lowest BCUT2D eigenvalue weighted by Gasteiger charge is -2.26. The van der Waals surface area contributed by atoms with Crippen molar-refractivity contribution in [2.24, 2.45) is 0 Å². The number of aliphatic carboxylic acids is 1. The van der Waals surface area contributed by atoms with Gasteiger partial charge in [-0.25, -0.2) is 9.18 Å². The summed E-state index contributed by atoms with van der Waals surface area (Å²) in [6.45, 7) is 3.35. The summed E-state index contributed by atoms with van der Waals surface area (Å²) < 4.78 is 13.4. The number of hydrogen-bond donors (Lipinski definition) is 1. The zero-order valence-electron chi connectivity index (χ0n) is 12.2. The van der Waals surface area contributed by atoms with Gasteiger partial charge in [0.1, 0.15) is 5.82 Å². The van der Waals surface area contributed by atoms with Crippen LogP contribution in [0.3, 0.4) is 0 Å². The largest absolute Gasteiger partial charge is 0.478 e. The van der Waals surface area contributed by atoms with Crippen LogP contribution in [-0.4, -0.2) is 35.6 Å². The fourth-order valence-corrected chi connectivity index (χ4v) is 2.79. The molecule has 21 heavy (non-hydrogen) atoms. The normalized spacial score (nSPS) is 16.4. The summed E-state index contributed by atoms with van der Waals surface area (Å²) in [5.74, 6) is -1.26. The standard InChI is InChI=1S/C17H22FNO2/c18-16-8-6-14(7-9-17(20)21)15(13-16)5-4-12-19-10-2-1-3-11-19/h6-9,13H,1-5,10-12H2,(H,20,21). The topological polar surface area (TPSA) is 40.5 Å². The van der Waals surface area contributed by atoms with Crippen molar-refractivity contribution in [3.8, 4) is 0 Å². The lowest BCUT2D eigenvalue weighted by molar-refractivity contribution is -0.131. The van der Waals surface area contributed by atoms with E-state index in [2.05, 4.69) is 4.90 Å². The van der Waals surface area contributed by atoms with Crippen LogP contribution in [0.1, 0.15) is 36.8 Å². The minimum absolute atomic E-state index is 0.268. The maximum atomic E-state index is 13.4. The average Bonchev–Trinajstić information content (AvgIpc) is 2.47. The van der Waals surface area contributed by atoms with Crippen LogP contribution in [0.5, 0.6) is 0 Å². The fraction of sp³-hybridized carbons (Fsp3) is 0.471. The summed E-state index contributed by atoms with van der Waals surface area (Å²) in [5, 5.41) is 8.70. The molecule has 1 saturated heterocycles. The van der Waals surface area contributed by atoms with Crippen molar-refractivity contribution in [2.45, 2.75) is 32.1 Å². The minimum atomic E-state index is -0.987. The van der Waals surface area contributed by atoms with E-state index in [1.54, 1.807) is 6.07 Å². The second kappa shape index (κ2) is 7.93. The van der Waals surface area contributed by atoms with Crippen LogP contribution >= 0.6 is 0 Å². The van der Waals surface area contributed by atoms with Gasteiger partial charge < -0.3 is 10.0 Å². The molecule has 1 aromatic carbocycles. The van der Waals surface area contributed by atoms with Crippen LogP contribution in [0, 0.1) is 5.82 Å². The summed E-state index contributed by atoms with van der Waals surface area (Å²) in [6.07, 6.45) is 8.24. The van der Waals surface area contributed by atoms with Gasteiger partial charge in [0.05, 0.1) is 0 Å². The van der Waals surface area contributed by atoms with Gasteiger partial charge in [-0.05, 0) is 74.7 Å². The molecule has 1 heterocycles. The minimum Gasteiger partial charge on any atom is -0.478 e. The maximum Gasteiger partial charge on any atom is 0.328 e. The maximum absolute atomic E-state index is 13.4. The molecule has 0 amide bonds. The van der Waals surface area contributed by atoms with Crippen molar-refractivity contribution >= 4 is 12.0 Å². The Morgan fingerprint density at radius 1 is 1.29 bits per heavy atom. The van der Waals surface area contributed by atoms with Gasteiger partial charge in [0.25, 0.3) is 0 Å². The van der Waals surface area contributed by atoms with Crippen LogP contribution in [0.4, 0.5) is 4.39 Å². The Labute approximate surface area is 125 Å². The van der Waals surface area contributed by atoms with Crippen molar-refractivity contribution in [3.05, 3.63) is 41.2 Å². The summed E-state index contributed by atoms with van der Waals surface area (Å²) in [4.78, 5) is 13.1. The smallest absolute Gasteiger partial charge is 0.328 e. The Morgan fingerprint density at radius 2 is 2.05 bits per heavy atom. The molecule has 0 radical (unpaired) electrons. The van der Waals surface area contributed by atoms with E-state index < -0.39 is 5.97 Å². The van der Waals surface area contributed by atoms with Gasteiger partial charge in [0.15, 0.2) is 0 Å². The number of benzene rings is 1. The number of piperidine rings is 1. The molecule has 0 unspecified atom stereocenters. The fourth-order valence-electron chi connectivity index (χ4n) is 2.79. The number of carboxylic acid groups (broad SMARTS) is 1. The van der Waals surface area contributed by atoms with Crippen molar-refractivity contribution in [1.82, 2.24) is 4.90 Å². The Kier molecular flexibility index (Phi) is 5.93. The summed E-state index contributed by atoms with van der Waals surface area (Å²) in [7, 11) is 0. The second-order valence-corrected chi connectivity index (χ2v) is 5.52. The quantitative estimate of drug-likeness (QED) is 0.817. The number of nitrogens with zero attached hydrogens (tertiary/aromatic N) is 1. The lowest BCUT2D eigenvalue weighted by atomic mass is 10.0. The SMILES string of the molecule is O=C(O)C=Cc1ccc(F)cc1CCCN1CCCCC1. The molecule has 0 bridgehead atoms. The van der Waals surface area contributed by atoms with E-state index in [1.165, 1.54) is 37.5 Å². The molecular formula is C17H22FNO2. The summed E-state index contributed by atoms with van der Waals surface area (Å²) >= 11 is 0. The Hall–Kier alpha value is -1.68. The number of aryl methyl sites for hydroxylation is 1. The first-order valence-corrected chi connectivity index (χ1v) is 7.57. The number of rotatable bonds is 6. The molecule has 0 aromatic heterocycles. The van der Waals surface area contributed by atoms with Gasteiger partial charge in [0.2, 0.25) is 0 Å². The average molecular weight is 291 g/mol. The third kappa shape index (κ3) is 5.31. The third-order valence-corrected chi connectivity index (χ3v) is 3.88. The Bertz CT molecular complexity index is 508. The van der Waals surface area contributed by atoms with Crippen molar-refractivity contribution < 1.29 is 14.3 Å². The number of likely N-dealkylation sites (tertiary alicyclic amines) is 1. The highest BCUT2D eigenvalue weighted by Crippen LogP contribution is 2.16. The molecule has 1 N–H and O–H groups in total. The Balaban J connectivity index is 1.94. The first-order valence-electron chi connectivity index (χ1n) is 7.57. The molecule has 114 valence electrons. The molecule has 3 nitrogen and oxygen atoms in total. The van der Waals surface area contributed by atoms with Gasteiger partial charge in [0, 0.05) is 6.08 Å². The predicted molar refractivity (Wildman–Crippen MR) is 81.7 cm³/mol. The molecular weight excluding hydrogens is 269 g/mol. The van der Waals surface area contributed by atoms with E-state index in [9.17, 15) is 9.18 Å². The highest BCUT2D eigenvalue weighted by molar-refractivity contribution is 5.85. The van der Waals surface area contributed by atoms with Crippen molar-refractivity contribution in [1.29, 1.82) is 0 Å². The van der Waals surface area contributed by atoms with E-state index in [0.29, 0.717) is 0 Å². The number of halogens is 1. The van der Waals surface area contributed by atoms with Gasteiger partial charge in [-0.2, -0.15) is 0 Å². The molecule has 0 spiro atoms. The highest BCUT2D eigenvalue weighted by atomic mass is 19.1. The van der Waals surface area contributed by atoms with Crippen LogP contribution in [0.2, 0.25) is 0 Å². The van der Waals surface area contributed by atoms with Crippen molar-refractivity contribution in [3.63, 3.8) is 0 Å². The van der Waals surface area contributed by atoms with Gasteiger partial charge in [-0.15, -0.1) is 0 Å². The van der Waals surface area contributed by atoms with Crippen molar-refractivity contribution in [2.75, 3.05) is 19.6 Å². The second-order valence-electron chi connectivity index (χ2n) is 5.52. The first kappa shape index (κ1) is 15.7. The molecule has 1 aliphatic heterocycles. The van der Waals surface area contributed by atoms with E-state index in [-0.39, 0.29) is 5.82 Å². The van der Waals surface area contributed by atoms with E-state index in [4.69, 9.17) is 5.11 Å². The zero-order valence-corrected chi connectivity index (χ0v) is 12.2. The van der Waals surface area contributed by atoms with Crippen LogP contribution in [-0.2, 0) is 11.2 Å². The number of carbonyl (C=O) groups is 1. The molecule has 0 atom stereocenters. The zero-order chi connectivity index (χ0) is 15.1. The monoisotopic (exact) mass is 291 g/mol. The van der Waals surface area contributed by atoms with E-state index in [1.807, 2.05) is 0 Å². The van der Waals surface area contributed by atoms with Gasteiger partial charge >= 0.3 is 5.97 Å². The predicted octanol–water partition coefficient (Wildman–Crippen LogP) is 3.34. The molecule has 0 aliphatic carbocycles. The van der Waals surface area contributed by atoms with Crippen LogP contribution in [0.25, 0.3) is 6.08 Å². The van der Waals surface area contributed by atoms with Gasteiger partial charge in [-0.1, -0.05) is 12.5 Å². The molecule has 1 aliphatic rings. The van der Waals surface area contributed by atoms with Crippen LogP contribution in [0.15, 0.2) is 24.3 Å². The lowest BCUT2D eigenvalue weighted by Crippen LogP contribution is -2.30. The molecule has 1 aromatic rings. The number of hydrogen-bond acceptors (Lipinski definition) is 2. The number of carboxylic acids is 1. The molecule has 4 heteroatoms. The third-order valence-electron chi connectivity index (χ3n) is 3.88. The molecule has 1 fully saturated rings.